The molecule has 0 amide bonds. The zero-order valence-corrected chi connectivity index (χ0v) is 18.1. The minimum absolute atomic E-state index is 0.0616. The first kappa shape index (κ1) is 20.5. The molecule has 2 N–H and O–H groups in total. The Morgan fingerprint density at radius 3 is 1.87 bits per heavy atom. The fourth-order valence-corrected chi connectivity index (χ4v) is 3.71. The van der Waals surface area contributed by atoms with Crippen LogP contribution in [0.1, 0.15) is 29.2 Å². The molecule has 5 nitrogen and oxygen atoms in total. The average Bonchev–Trinajstić information content (AvgIpc) is 2.74. The molecule has 156 valence electrons. The van der Waals surface area contributed by atoms with Crippen LogP contribution in [0.15, 0.2) is 54.6 Å². The molecule has 0 spiro atoms. The van der Waals surface area contributed by atoms with Crippen LogP contribution in [0.3, 0.4) is 0 Å². The van der Waals surface area contributed by atoms with Crippen molar-refractivity contribution in [2.75, 3.05) is 0 Å². The molecule has 0 bridgehead atoms. The van der Waals surface area contributed by atoms with Crippen LogP contribution in [0.25, 0.3) is 34.2 Å². The number of aromatic nitrogens is 3. The number of phenols is 2. The van der Waals surface area contributed by atoms with E-state index in [1.165, 1.54) is 11.6 Å². The Morgan fingerprint density at radius 2 is 1.26 bits per heavy atom. The Hall–Kier alpha value is -3.73. The molecule has 0 radical (unpaired) electrons. The summed E-state index contributed by atoms with van der Waals surface area (Å²) in [5.74, 6) is 1.46. The second kappa shape index (κ2) is 8.19. The van der Waals surface area contributed by atoms with Gasteiger partial charge in [-0.2, -0.15) is 0 Å². The van der Waals surface area contributed by atoms with Crippen LogP contribution >= 0.6 is 0 Å². The molecule has 0 aliphatic rings. The molecule has 0 unspecified atom stereocenters. The Kier molecular flexibility index (Phi) is 5.42. The number of phenolic OH excluding ortho intramolecular Hbond substituents is 2. The van der Waals surface area contributed by atoms with Crippen LogP contribution in [0.5, 0.6) is 11.5 Å². The van der Waals surface area contributed by atoms with Gasteiger partial charge in [0.2, 0.25) is 0 Å². The Labute approximate surface area is 182 Å². The van der Waals surface area contributed by atoms with Crippen LogP contribution in [0.2, 0.25) is 0 Å². The third-order valence-corrected chi connectivity index (χ3v) is 5.46. The summed E-state index contributed by atoms with van der Waals surface area (Å²) in [6.07, 6.45) is 0.624. The Morgan fingerprint density at radius 1 is 0.645 bits per heavy atom. The molecule has 1 aromatic heterocycles. The van der Waals surface area contributed by atoms with Crippen LogP contribution in [-0.4, -0.2) is 25.2 Å². The van der Waals surface area contributed by atoms with Gasteiger partial charge >= 0.3 is 0 Å². The molecule has 1 heterocycles. The maximum Gasteiger partial charge on any atom is 0.167 e. The normalized spacial score (nSPS) is 11.0. The van der Waals surface area contributed by atoms with Crippen molar-refractivity contribution in [2.45, 2.75) is 34.1 Å². The number of rotatable bonds is 4. The minimum atomic E-state index is -0.0665. The maximum atomic E-state index is 10.6. The summed E-state index contributed by atoms with van der Waals surface area (Å²) in [4.78, 5) is 14.2. The zero-order valence-electron chi connectivity index (χ0n) is 18.1. The molecule has 0 aliphatic heterocycles. The summed E-state index contributed by atoms with van der Waals surface area (Å²) in [6.45, 7) is 8.05. The smallest absolute Gasteiger partial charge is 0.167 e. The summed E-state index contributed by atoms with van der Waals surface area (Å²) >= 11 is 0. The fourth-order valence-electron chi connectivity index (χ4n) is 3.71. The van der Waals surface area contributed by atoms with Gasteiger partial charge in [0.25, 0.3) is 0 Å². The lowest BCUT2D eigenvalue weighted by atomic mass is 10.0. The number of nitrogens with zero attached hydrogens (tertiary/aromatic N) is 3. The van der Waals surface area contributed by atoms with E-state index in [0.29, 0.717) is 29.5 Å². The highest BCUT2D eigenvalue weighted by Crippen LogP contribution is 2.35. The van der Waals surface area contributed by atoms with E-state index in [2.05, 4.69) is 13.0 Å². The largest absolute Gasteiger partial charge is 0.508 e. The predicted molar refractivity (Wildman–Crippen MR) is 123 cm³/mol. The van der Waals surface area contributed by atoms with Gasteiger partial charge in [-0.3, -0.25) is 0 Å². The average molecular weight is 412 g/mol. The zero-order chi connectivity index (χ0) is 22.1. The second-order valence-corrected chi connectivity index (χ2v) is 7.79. The van der Waals surface area contributed by atoms with Gasteiger partial charge in [-0.05, 0) is 49.9 Å². The van der Waals surface area contributed by atoms with Gasteiger partial charge in [-0.15, -0.1) is 0 Å². The molecule has 31 heavy (non-hydrogen) atoms. The summed E-state index contributed by atoms with van der Waals surface area (Å²) in [7, 11) is 0. The highest BCUT2D eigenvalue weighted by atomic mass is 16.3. The summed E-state index contributed by atoms with van der Waals surface area (Å²) in [5.41, 5.74) is 6.30. The first-order valence-corrected chi connectivity index (χ1v) is 10.3. The van der Waals surface area contributed by atoms with Crippen molar-refractivity contribution in [3.05, 3.63) is 76.9 Å². The van der Waals surface area contributed by atoms with E-state index in [9.17, 15) is 10.2 Å². The molecule has 0 fully saturated rings. The fraction of sp³-hybridized carbons (Fsp3) is 0.192. The Bertz CT molecular complexity index is 1280. The molecule has 5 heteroatoms. The molecular formula is C26H25N3O2. The van der Waals surface area contributed by atoms with E-state index in [1.54, 1.807) is 6.07 Å². The van der Waals surface area contributed by atoms with Gasteiger partial charge < -0.3 is 10.2 Å². The van der Waals surface area contributed by atoms with Crippen LogP contribution in [0.4, 0.5) is 0 Å². The molecule has 0 saturated carbocycles. The van der Waals surface area contributed by atoms with Crippen LogP contribution < -0.4 is 0 Å². The van der Waals surface area contributed by atoms with Gasteiger partial charge in [-0.25, -0.2) is 15.0 Å². The van der Waals surface area contributed by atoms with Crippen molar-refractivity contribution < 1.29 is 10.2 Å². The lowest BCUT2D eigenvalue weighted by molar-refractivity contribution is 0.447. The van der Waals surface area contributed by atoms with E-state index in [-0.39, 0.29) is 11.5 Å². The summed E-state index contributed by atoms with van der Waals surface area (Å²) in [6, 6.07) is 17.2. The third-order valence-electron chi connectivity index (χ3n) is 5.46. The topological polar surface area (TPSA) is 79.1 Å². The molecule has 0 saturated heterocycles. The number of aromatic hydroxyl groups is 2. The van der Waals surface area contributed by atoms with E-state index in [0.717, 1.165) is 27.8 Å². The lowest BCUT2D eigenvalue weighted by Gasteiger charge is -2.13. The number of aryl methyl sites for hydroxylation is 4. The number of hydrogen-bond acceptors (Lipinski definition) is 5. The molecular weight excluding hydrogens is 386 g/mol. The first-order valence-electron chi connectivity index (χ1n) is 10.3. The van der Waals surface area contributed by atoms with Gasteiger partial charge in [-0.1, -0.05) is 55.0 Å². The summed E-state index contributed by atoms with van der Waals surface area (Å²) < 4.78 is 0. The monoisotopic (exact) mass is 411 g/mol. The van der Waals surface area contributed by atoms with Gasteiger partial charge in [0.1, 0.15) is 11.5 Å². The van der Waals surface area contributed by atoms with Crippen LogP contribution in [0, 0.1) is 20.8 Å². The van der Waals surface area contributed by atoms with Crippen molar-refractivity contribution >= 4 is 0 Å². The number of hydrogen-bond donors (Lipinski definition) is 2. The maximum absolute atomic E-state index is 10.6. The standard InChI is InChI=1S/C26H25N3O2/c1-5-18-13-21(23(31)14-22(18)30)26-28-24(19-9-7-6-8-16(19)3)27-25(29-26)20-11-10-15(2)12-17(20)4/h6-14,30-31H,5H2,1-4H3. The highest BCUT2D eigenvalue weighted by molar-refractivity contribution is 5.73. The van der Waals surface area contributed by atoms with E-state index in [4.69, 9.17) is 15.0 Å². The van der Waals surface area contributed by atoms with Crippen molar-refractivity contribution in [1.29, 1.82) is 0 Å². The predicted octanol–water partition coefficient (Wildman–Crippen LogP) is 5.77. The van der Waals surface area contributed by atoms with E-state index in [1.807, 2.05) is 57.2 Å². The SMILES string of the molecule is CCc1cc(-c2nc(-c3ccccc3C)nc(-c3ccc(C)cc3C)n2)c(O)cc1O. The lowest BCUT2D eigenvalue weighted by Crippen LogP contribution is -2.02. The van der Waals surface area contributed by atoms with Gasteiger partial charge in [0.15, 0.2) is 17.5 Å². The molecule has 4 aromatic rings. The van der Waals surface area contributed by atoms with Crippen molar-refractivity contribution in [3.8, 4) is 45.7 Å². The molecule has 0 aliphatic carbocycles. The van der Waals surface area contributed by atoms with E-state index >= 15 is 0 Å². The summed E-state index contributed by atoms with van der Waals surface area (Å²) in [5, 5.41) is 20.7. The van der Waals surface area contributed by atoms with Crippen LogP contribution in [-0.2, 0) is 6.42 Å². The molecule has 4 rings (SSSR count). The Balaban J connectivity index is 2.00. The first-order chi connectivity index (χ1) is 14.9. The highest BCUT2D eigenvalue weighted by Gasteiger charge is 2.18. The minimum Gasteiger partial charge on any atom is -0.508 e. The van der Waals surface area contributed by atoms with Crippen molar-refractivity contribution in [2.24, 2.45) is 0 Å². The van der Waals surface area contributed by atoms with Gasteiger partial charge in [0.05, 0.1) is 5.56 Å². The van der Waals surface area contributed by atoms with E-state index < -0.39 is 0 Å². The molecule has 3 aromatic carbocycles. The van der Waals surface area contributed by atoms with Gasteiger partial charge in [0, 0.05) is 17.2 Å². The quantitative estimate of drug-likeness (QED) is 0.445. The van der Waals surface area contributed by atoms with Crippen molar-refractivity contribution in [3.63, 3.8) is 0 Å². The third kappa shape index (κ3) is 3.99. The number of benzene rings is 3. The van der Waals surface area contributed by atoms with Crippen molar-refractivity contribution in [1.82, 2.24) is 15.0 Å². The molecule has 0 atom stereocenters. The second-order valence-electron chi connectivity index (χ2n) is 7.79.